The average Bonchev–Trinajstić information content (AvgIpc) is 2.95. The molecule has 0 saturated heterocycles. The van der Waals surface area contributed by atoms with Crippen molar-refractivity contribution in [3.8, 4) is 0 Å². The normalized spacial score (nSPS) is 35.5. The van der Waals surface area contributed by atoms with Crippen LogP contribution >= 0.6 is 0 Å². The molecular weight excluding hydrogens is 196 g/mol. The van der Waals surface area contributed by atoms with Crippen LogP contribution in [0, 0.1) is 17.8 Å². The van der Waals surface area contributed by atoms with Gasteiger partial charge in [0.05, 0.1) is 0 Å². The van der Waals surface area contributed by atoms with E-state index in [0.717, 1.165) is 23.4 Å². The summed E-state index contributed by atoms with van der Waals surface area (Å²) in [5, 5.41) is 0. The third-order valence-corrected chi connectivity index (χ3v) is 4.56. The Labute approximate surface area is 97.3 Å². The highest BCUT2D eigenvalue weighted by molar-refractivity contribution is 5.12. The first-order chi connectivity index (χ1) is 7.75. The number of hydrogen-bond acceptors (Lipinski definition) is 2. The van der Waals surface area contributed by atoms with E-state index in [9.17, 15) is 0 Å². The summed E-state index contributed by atoms with van der Waals surface area (Å²) >= 11 is 0. The second kappa shape index (κ2) is 3.85. The third-order valence-electron chi connectivity index (χ3n) is 4.56. The van der Waals surface area contributed by atoms with E-state index in [4.69, 9.17) is 5.73 Å². The van der Waals surface area contributed by atoms with E-state index in [1.807, 2.05) is 12.3 Å². The number of aromatic nitrogens is 1. The van der Waals surface area contributed by atoms with E-state index in [0.29, 0.717) is 12.0 Å². The van der Waals surface area contributed by atoms with E-state index in [1.165, 1.54) is 19.3 Å². The van der Waals surface area contributed by atoms with Crippen LogP contribution in [0.4, 0.5) is 0 Å². The van der Waals surface area contributed by atoms with Crippen molar-refractivity contribution in [1.29, 1.82) is 0 Å². The molecule has 2 aliphatic carbocycles. The minimum atomic E-state index is 0.294. The molecule has 0 aromatic carbocycles. The SMILES string of the molecule is CC(c1ccccn1)C(N)C1CC2CC2C1. The van der Waals surface area contributed by atoms with Crippen LogP contribution in [0.2, 0.25) is 0 Å². The number of fused-ring (bicyclic) bond motifs is 1. The average molecular weight is 216 g/mol. The molecule has 0 bridgehead atoms. The molecule has 86 valence electrons. The second-order valence-corrected chi connectivity index (χ2v) is 5.61. The van der Waals surface area contributed by atoms with Crippen LogP contribution in [0.25, 0.3) is 0 Å². The van der Waals surface area contributed by atoms with Crippen LogP contribution in [-0.2, 0) is 0 Å². The van der Waals surface area contributed by atoms with Gasteiger partial charge in [0.2, 0.25) is 0 Å². The van der Waals surface area contributed by atoms with Crippen molar-refractivity contribution < 1.29 is 0 Å². The molecule has 1 heterocycles. The van der Waals surface area contributed by atoms with E-state index in [-0.39, 0.29) is 0 Å². The third kappa shape index (κ3) is 1.75. The van der Waals surface area contributed by atoms with Gasteiger partial charge in [-0.2, -0.15) is 0 Å². The van der Waals surface area contributed by atoms with Gasteiger partial charge in [-0.25, -0.2) is 0 Å². The van der Waals surface area contributed by atoms with Gasteiger partial charge in [0, 0.05) is 23.9 Å². The zero-order chi connectivity index (χ0) is 11.1. The van der Waals surface area contributed by atoms with Gasteiger partial charge in [-0.05, 0) is 49.1 Å². The Hall–Kier alpha value is -0.890. The zero-order valence-electron chi connectivity index (χ0n) is 9.84. The summed E-state index contributed by atoms with van der Waals surface area (Å²) in [5.41, 5.74) is 7.55. The van der Waals surface area contributed by atoms with Crippen molar-refractivity contribution in [2.24, 2.45) is 23.5 Å². The topological polar surface area (TPSA) is 38.9 Å². The van der Waals surface area contributed by atoms with Crippen LogP contribution < -0.4 is 5.73 Å². The highest BCUT2D eigenvalue weighted by Gasteiger charge is 2.48. The molecule has 0 radical (unpaired) electrons. The maximum absolute atomic E-state index is 6.40. The highest BCUT2D eigenvalue weighted by atomic mass is 14.8. The van der Waals surface area contributed by atoms with Crippen LogP contribution in [0.1, 0.15) is 37.8 Å². The Balaban J connectivity index is 1.68. The molecular formula is C14H20N2. The first-order valence-corrected chi connectivity index (χ1v) is 6.42. The molecule has 2 N–H and O–H groups in total. The number of nitrogens with two attached hydrogens (primary N) is 1. The number of rotatable bonds is 3. The first kappa shape index (κ1) is 10.3. The molecule has 16 heavy (non-hydrogen) atoms. The molecule has 4 unspecified atom stereocenters. The summed E-state index contributed by atoms with van der Waals surface area (Å²) in [7, 11) is 0. The van der Waals surface area contributed by atoms with Crippen molar-refractivity contribution in [3.63, 3.8) is 0 Å². The second-order valence-electron chi connectivity index (χ2n) is 5.61. The van der Waals surface area contributed by atoms with Crippen molar-refractivity contribution >= 4 is 0 Å². The lowest BCUT2D eigenvalue weighted by Crippen LogP contribution is -2.34. The minimum absolute atomic E-state index is 0.294. The van der Waals surface area contributed by atoms with Crippen molar-refractivity contribution in [3.05, 3.63) is 30.1 Å². The van der Waals surface area contributed by atoms with Gasteiger partial charge in [-0.15, -0.1) is 0 Å². The Morgan fingerprint density at radius 1 is 1.25 bits per heavy atom. The summed E-state index contributed by atoms with van der Waals surface area (Å²) in [6, 6.07) is 6.41. The lowest BCUT2D eigenvalue weighted by Gasteiger charge is -2.26. The van der Waals surface area contributed by atoms with Crippen LogP contribution in [0.5, 0.6) is 0 Å². The molecule has 2 saturated carbocycles. The van der Waals surface area contributed by atoms with Crippen molar-refractivity contribution in [2.45, 2.75) is 38.1 Å². The van der Waals surface area contributed by atoms with Gasteiger partial charge in [0.15, 0.2) is 0 Å². The van der Waals surface area contributed by atoms with E-state index < -0.39 is 0 Å². The van der Waals surface area contributed by atoms with Crippen LogP contribution in [0.15, 0.2) is 24.4 Å². The van der Waals surface area contributed by atoms with Crippen LogP contribution in [-0.4, -0.2) is 11.0 Å². The molecule has 0 amide bonds. The van der Waals surface area contributed by atoms with E-state index in [1.54, 1.807) is 0 Å². The molecule has 2 heteroatoms. The highest BCUT2D eigenvalue weighted by Crippen LogP contribution is 2.55. The van der Waals surface area contributed by atoms with Gasteiger partial charge in [-0.3, -0.25) is 4.98 Å². The Bertz CT molecular complexity index is 352. The minimum Gasteiger partial charge on any atom is -0.327 e. The first-order valence-electron chi connectivity index (χ1n) is 6.42. The molecule has 2 nitrogen and oxygen atoms in total. The largest absolute Gasteiger partial charge is 0.327 e. The van der Waals surface area contributed by atoms with Crippen molar-refractivity contribution in [2.75, 3.05) is 0 Å². The summed E-state index contributed by atoms with van der Waals surface area (Å²) in [4.78, 5) is 4.42. The Kier molecular flexibility index (Phi) is 2.47. The molecule has 4 atom stereocenters. The smallest absolute Gasteiger partial charge is 0.0447 e. The van der Waals surface area contributed by atoms with Gasteiger partial charge < -0.3 is 5.73 Å². The molecule has 0 spiro atoms. The zero-order valence-corrected chi connectivity index (χ0v) is 9.84. The molecule has 3 rings (SSSR count). The molecule has 1 aromatic rings. The van der Waals surface area contributed by atoms with Gasteiger partial charge in [-0.1, -0.05) is 13.0 Å². The summed E-state index contributed by atoms with van der Waals surface area (Å²) in [6.45, 7) is 2.22. The lowest BCUT2D eigenvalue weighted by atomic mass is 9.85. The Morgan fingerprint density at radius 2 is 2.00 bits per heavy atom. The molecule has 0 aliphatic heterocycles. The standard InChI is InChI=1S/C14H20N2/c1-9(13-4-2-3-5-16-13)14(15)12-7-10-6-11(10)8-12/h2-5,9-12,14H,6-8,15H2,1H3. The summed E-state index contributed by atoms with van der Waals surface area (Å²) in [5.74, 6) is 3.17. The molecule has 1 aromatic heterocycles. The Morgan fingerprint density at radius 3 is 2.62 bits per heavy atom. The van der Waals surface area contributed by atoms with Gasteiger partial charge in [0.25, 0.3) is 0 Å². The van der Waals surface area contributed by atoms with Crippen LogP contribution in [0.3, 0.4) is 0 Å². The quantitative estimate of drug-likeness (QED) is 0.843. The van der Waals surface area contributed by atoms with E-state index >= 15 is 0 Å². The summed E-state index contributed by atoms with van der Waals surface area (Å²) in [6.07, 6.45) is 6.07. The number of pyridine rings is 1. The van der Waals surface area contributed by atoms with E-state index in [2.05, 4.69) is 24.0 Å². The maximum Gasteiger partial charge on any atom is 0.0447 e. The lowest BCUT2D eigenvalue weighted by molar-refractivity contribution is 0.354. The van der Waals surface area contributed by atoms with Crippen molar-refractivity contribution in [1.82, 2.24) is 4.98 Å². The maximum atomic E-state index is 6.40. The fraction of sp³-hybridized carbons (Fsp3) is 0.643. The monoisotopic (exact) mass is 216 g/mol. The number of nitrogens with zero attached hydrogens (tertiary/aromatic N) is 1. The number of hydrogen-bond donors (Lipinski definition) is 1. The predicted molar refractivity (Wildman–Crippen MR) is 64.9 cm³/mol. The summed E-state index contributed by atoms with van der Waals surface area (Å²) < 4.78 is 0. The fourth-order valence-electron chi connectivity index (χ4n) is 3.33. The predicted octanol–water partition coefficient (Wildman–Crippen LogP) is 2.56. The molecule has 2 fully saturated rings. The van der Waals surface area contributed by atoms with Gasteiger partial charge >= 0.3 is 0 Å². The van der Waals surface area contributed by atoms with Gasteiger partial charge in [0.1, 0.15) is 0 Å². The fourth-order valence-corrected chi connectivity index (χ4v) is 3.33. The molecule has 2 aliphatic rings.